The van der Waals surface area contributed by atoms with Gasteiger partial charge in [0, 0.05) is 6.54 Å². The third-order valence-corrected chi connectivity index (χ3v) is 3.02. The summed E-state index contributed by atoms with van der Waals surface area (Å²) in [5.41, 5.74) is 5.17. The van der Waals surface area contributed by atoms with Crippen LogP contribution in [0.2, 0.25) is 0 Å². The Hall–Kier alpha value is -1.10. The molecule has 0 atom stereocenters. The van der Waals surface area contributed by atoms with E-state index in [9.17, 15) is 9.59 Å². The maximum atomic E-state index is 12.3. The van der Waals surface area contributed by atoms with E-state index in [1.54, 1.807) is 0 Å². The van der Waals surface area contributed by atoms with E-state index in [1.165, 1.54) is 12.0 Å². The van der Waals surface area contributed by atoms with Crippen molar-refractivity contribution in [3.05, 3.63) is 0 Å². The third kappa shape index (κ3) is 4.34. The van der Waals surface area contributed by atoms with Crippen LogP contribution in [0.25, 0.3) is 0 Å². The van der Waals surface area contributed by atoms with Gasteiger partial charge in [-0.2, -0.15) is 0 Å². The number of rotatable bonds is 7. The largest absolute Gasteiger partial charge is 0.468 e. The predicted molar refractivity (Wildman–Crippen MR) is 66.4 cm³/mol. The van der Waals surface area contributed by atoms with E-state index in [1.807, 2.05) is 20.8 Å². The molecule has 0 bridgehead atoms. The Morgan fingerprint density at radius 1 is 1.24 bits per heavy atom. The van der Waals surface area contributed by atoms with Crippen molar-refractivity contribution in [1.29, 1.82) is 0 Å². The Bertz CT molecular complexity index is 262. The van der Waals surface area contributed by atoms with Crippen molar-refractivity contribution in [2.75, 3.05) is 20.2 Å². The molecule has 0 aliphatic carbocycles. The SMILES string of the molecule is CCCN(CC(=O)OC)C(=O)C(N)(CC)CC. The quantitative estimate of drug-likeness (QED) is 0.676. The summed E-state index contributed by atoms with van der Waals surface area (Å²) in [7, 11) is 1.31. The average Bonchev–Trinajstić information content (AvgIpc) is 2.36. The second kappa shape index (κ2) is 7.27. The molecule has 0 aromatic heterocycles. The summed E-state index contributed by atoms with van der Waals surface area (Å²) >= 11 is 0. The van der Waals surface area contributed by atoms with Gasteiger partial charge >= 0.3 is 5.97 Å². The van der Waals surface area contributed by atoms with Crippen LogP contribution in [0, 0.1) is 0 Å². The first-order chi connectivity index (χ1) is 7.95. The lowest BCUT2D eigenvalue weighted by molar-refractivity contribution is -0.149. The van der Waals surface area contributed by atoms with Crippen molar-refractivity contribution >= 4 is 11.9 Å². The van der Waals surface area contributed by atoms with Crippen LogP contribution >= 0.6 is 0 Å². The average molecular weight is 244 g/mol. The molecular weight excluding hydrogens is 220 g/mol. The minimum absolute atomic E-state index is 0.0257. The Morgan fingerprint density at radius 3 is 2.12 bits per heavy atom. The Labute approximate surface area is 103 Å². The van der Waals surface area contributed by atoms with Crippen LogP contribution in [0.4, 0.5) is 0 Å². The van der Waals surface area contributed by atoms with Crippen LogP contribution in [0.1, 0.15) is 40.0 Å². The van der Waals surface area contributed by atoms with E-state index in [0.29, 0.717) is 19.4 Å². The van der Waals surface area contributed by atoms with Gasteiger partial charge in [0.25, 0.3) is 0 Å². The topological polar surface area (TPSA) is 72.6 Å². The summed E-state index contributed by atoms with van der Waals surface area (Å²) in [5, 5.41) is 0. The first kappa shape index (κ1) is 15.9. The number of carbonyl (C=O) groups excluding carboxylic acids is 2. The fraction of sp³-hybridized carbons (Fsp3) is 0.833. The second-order valence-electron chi connectivity index (χ2n) is 4.17. The molecule has 0 unspecified atom stereocenters. The Balaban J connectivity index is 4.80. The number of esters is 1. The predicted octanol–water partition coefficient (Wildman–Crippen LogP) is 0.915. The third-order valence-electron chi connectivity index (χ3n) is 3.02. The number of amides is 1. The molecule has 5 heteroatoms. The van der Waals surface area contributed by atoms with Crippen LogP contribution in [0.3, 0.4) is 0 Å². The Morgan fingerprint density at radius 2 is 1.76 bits per heavy atom. The fourth-order valence-corrected chi connectivity index (χ4v) is 1.61. The lowest BCUT2D eigenvalue weighted by atomic mass is 9.92. The van der Waals surface area contributed by atoms with Crippen LogP contribution in [0.5, 0.6) is 0 Å². The fourth-order valence-electron chi connectivity index (χ4n) is 1.61. The van der Waals surface area contributed by atoms with Gasteiger partial charge in [-0.25, -0.2) is 0 Å². The summed E-state index contributed by atoms with van der Waals surface area (Å²) in [6.45, 7) is 6.20. The molecule has 0 aromatic carbocycles. The lowest BCUT2D eigenvalue weighted by Gasteiger charge is -2.32. The van der Waals surface area contributed by atoms with Gasteiger partial charge < -0.3 is 15.4 Å². The van der Waals surface area contributed by atoms with E-state index < -0.39 is 11.5 Å². The zero-order valence-electron chi connectivity index (χ0n) is 11.3. The monoisotopic (exact) mass is 244 g/mol. The van der Waals surface area contributed by atoms with Gasteiger partial charge in [0.2, 0.25) is 5.91 Å². The van der Waals surface area contributed by atoms with E-state index >= 15 is 0 Å². The molecule has 2 N–H and O–H groups in total. The summed E-state index contributed by atoms with van der Waals surface area (Å²) in [6.07, 6.45) is 1.90. The van der Waals surface area contributed by atoms with Gasteiger partial charge in [-0.15, -0.1) is 0 Å². The van der Waals surface area contributed by atoms with Crippen molar-refractivity contribution in [3.8, 4) is 0 Å². The standard InChI is InChI=1S/C12H24N2O3/c1-5-8-14(9-10(15)17-4)11(16)12(13,6-2)7-3/h5-9,13H2,1-4H3. The molecule has 0 radical (unpaired) electrons. The summed E-state index contributed by atoms with van der Waals surface area (Å²) < 4.78 is 4.58. The molecule has 17 heavy (non-hydrogen) atoms. The molecule has 5 nitrogen and oxygen atoms in total. The highest BCUT2D eigenvalue weighted by atomic mass is 16.5. The zero-order valence-corrected chi connectivity index (χ0v) is 11.3. The summed E-state index contributed by atoms with van der Waals surface area (Å²) in [6, 6.07) is 0. The van der Waals surface area contributed by atoms with Gasteiger partial charge in [-0.3, -0.25) is 9.59 Å². The van der Waals surface area contributed by atoms with E-state index in [-0.39, 0.29) is 12.5 Å². The minimum atomic E-state index is -0.872. The van der Waals surface area contributed by atoms with Gasteiger partial charge in [-0.05, 0) is 19.3 Å². The molecule has 0 fully saturated rings. The van der Waals surface area contributed by atoms with Crippen molar-refractivity contribution in [3.63, 3.8) is 0 Å². The molecule has 0 heterocycles. The first-order valence-electron chi connectivity index (χ1n) is 6.10. The number of methoxy groups -OCH3 is 1. The van der Waals surface area contributed by atoms with Crippen molar-refractivity contribution in [1.82, 2.24) is 4.90 Å². The highest BCUT2D eigenvalue weighted by Crippen LogP contribution is 2.15. The maximum absolute atomic E-state index is 12.3. The van der Waals surface area contributed by atoms with Crippen molar-refractivity contribution in [2.45, 2.75) is 45.6 Å². The molecular formula is C12H24N2O3. The lowest BCUT2D eigenvalue weighted by Crippen LogP contribution is -2.55. The molecule has 0 rings (SSSR count). The normalized spacial score (nSPS) is 11.1. The van der Waals surface area contributed by atoms with Crippen LogP contribution < -0.4 is 5.73 Å². The molecule has 0 saturated carbocycles. The first-order valence-corrected chi connectivity index (χ1v) is 6.10. The van der Waals surface area contributed by atoms with Gasteiger partial charge in [-0.1, -0.05) is 20.8 Å². The number of nitrogens with two attached hydrogens (primary N) is 1. The summed E-state index contributed by atoms with van der Waals surface area (Å²) in [5.74, 6) is -0.587. The minimum Gasteiger partial charge on any atom is -0.468 e. The number of carbonyl (C=O) groups is 2. The van der Waals surface area contributed by atoms with Gasteiger partial charge in [0.05, 0.1) is 12.6 Å². The molecule has 0 aromatic rings. The molecule has 1 amide bonds. The maximum Gasteiger partial charge on any atom is 0.325 e. The highest BCUT2D eigenvalue weighted by molar-refractivity contribution is 5.89. The van der Waals surface area contributed by atoms with Crippen LogP contribution in [0.15, 0.2) is 0 Å². The molecule has 0 saturated heterocycles. The van der Waals surface area contributed by atoms with Crippen LogP contribution in [-0.2, 0) is 14.3 Å². The van der Waals surface area contributed by atoms with E-state index in [0.717, 1.165) is 6.42 Å². The highest BCUT2D eigenvalue weighted by Gasteiger charge is 2.34. The molecule has 0 spiro atoms. The zero-order chi connectivity index (χ0) is 13.5. The second-order valence-corrected chi connectivity index (χ2v) is 4.17. The smallest absolute Gasteiger partial charge is 0.325 e. The Kier molecular flexibility index (Phi) is 6.80. The van der Waals surface area contributed by atoms with E-state index in [4.69, 9.17) is 5.73 Å². The van der Waals surface area contributed by atoms with Gasteiger partial charge in [0.1, 0.15) is 6.54 Å². The molecule has 0 aliphatic rings. The van der Waals surface area contributed by atoms with Crippen molar-refractivity contribution in [2.24, 2.45) is 5.73 Å². The van der Waals surface area contributed by atoms with E-state index in [2.05, 4.69) is 4.74 Å². The van der Waals surface area contributed by atoms with Crippen molar-refractivity contribution < 1.29 is 14.3 Å². The number of nitrogens with zero attached hydrogens (tertiary/aromatic N) is 1. The number of hydrogen-bond acceptors (Lipinski definition) is 4. The number of hydrogen-bond donors (Lipinski definition) is 1. The number of ether oxygens (including phenoxy) is 1. The molecule has 0 aliphatic heterocycles. The van der Waals surface area contributed by atoms with Gasteiger partial charge in [0.15, 0.2) is 0 Å². The summed E-state index contributed by atoms with van der Waals surface area (Å²) in [4.78, 5) is 25.0. The van der Waals surface area contributed by atoms with Crippen LogP contribution in [-0.4, -0.2) is 42.5 Å². The molecule has 100 valence electrons.